The van der Waals surface area contributed by atoms with Gasteiger partial charge in [-0.05, 0) is 47.9 Å². The summed E-state index contributed by atoms with van der Waals surface area (Å²) in [7, 11) is 2.21. The summed E-state index contributed by atoms with van der Waals surface area (Å²) in [4.78, 5) is 17.7. The van der Waals surface area contributed by atoms with E-state index >= 15 is 0 Å². The Kier molecular flexibility index (Phi) is 5.91. The van der Waals surface area contributed by atoms with E-state index in [1.807, 2.05) is 25.3 Å². The topological polar surface area (TPSA) is 51.1 Å². The van der Waals surface area contributed by atoms with E-state index in [1.54, 1.807) is 0 Å². The van der Waals surface area contributed by atoms with Crippen LogP contribution in [0.4, 0.5) is 28.6 Å². The highest BCUT2D eigenvalue weighted by molar-refractivity contribution is 6.14. The fraction of sp³-hybridized carbons (Fsp3) is 0.205. The average Bonchev–Trinajstić information content (AvgIpc) is 3.55. The van der Waals surface area contributed by atoms with Crippen molar-refractivity contribution < 1.29 is 0 Å². The molecule has 5 aromatic rings. The molecule has 4 aromatic carbocycles. The van der Waals surface area contributed by atoms with Gasteiger partial charge < -0.3 is 14.7 Å². The summed E-state index contributed by atoms with van der Waals surface area (Å²) in [5, 5.41) is 7.87. The number of rotatable bonds is 5. The van der Waals surface area contributed by atoms with Crippen molar-refractivity contribution >= 4 is 40.0 Å². The Morgan fingerprint density at radius 2 is 1.37 bits per heavy atom. The Hall–Kier alpha value is -5.95. The second-order valence-electron chi connectivity index (χ2n) is 14.6. The fourth-order valence-electron chi connectivity index (χ4n) is 10.7. The van der Waals surface area contributed by atoms with E-state index in [0.717, 1.165) is 45.4 Å². The minimum absolute atomic E-state index is 0.0555. The number of amidine groups is 1. The second kappa shape index (κ2) is 10.1. The molecule has 5 heterocycles. The van der Waals surface area contributed by atoms with E-state index in [-0.39, 0.29) is 28.6 Å². The third kappa shape index (κ3) is 3.28. The highest BCUT2D eigenvalue weighted by Gasteiger charge is 2.94. The van der Waals surface area contributed by atoms with Crippen molar-refractivity contribution in [2.45, 2.75) is 43.9 Å². The zero-order chi connectivity index (χ0) is 34.9. The first-order valence-electron chi connectivity index (χ1n) is 17.7. The van der Waals surface area contributed by atoms with E-state index in [2.05, 4.69) is 163 Å². The number of anilines is 5. The molecule has 0 bridgehead atoms. The van der Waals surface area contributed by atoms with Gasteiger partial charge in [-0.1, -0.05) is 124 Å². The third-order valence-electron chi connectivity index (χ3n) is 12.9. The van der Waals surface area contributed by atoms with Crippen molar-refractivity contribution in [1.29, 1.82) is 0 Å². The van der Waals surface area contributed by atoms with Crippen molar-refractivity contribution in [3.63, 3.8) is 0 Å². The first-order chi connectivity index (χ1) is 24.8. The maximum Gasteiger partial charge on any atom is 0.162 e. The SMILES string of the molecule is C=C/C(C)=C(\C=C)c1ncc2c(n1)N1c3ccccc3C3(C)C(C)(C1N2C)C31c2ccccc2N2N=C(c3ccccc3)N(c3ccccc3)C21. The number of fused-ring (bicyclic) bond motifs is 15. The number of aromatic nitrogens is 2. The highest BCUT2D eigenvalue weighted by atomic mass is 15.7. The van der Waals surface area contributed by atoms with Gasteiger partial charge in [-0.25, -0.2) is 15.0 Å². The van der Waals surface area contributed by atoms with Crippen LogP contribution < -0.4 is 19.7 Å². The number of allylic oxidation sites excluding steroid dienone is 4. The van der Waals surface area contributed by atoms with Crippen LogP contribution in [-0.4, -0.2) is 35.2 Å². The lowest BCUT2D eigenvalue weighted by Gasteiger charge is -2.43. The predicted molar refractivity (Wildman–Crippen MR) is 208 cm³/mol. The lowest BCUT2D eigenvalue weighted by Crippen LogP contribution is -2.54. The van der Waals surface area contributed by atoms with Gasteiger partial charge in [-0.2, -0.15) is 5.10 Å². The van der Waals surface area contributed by atoms with Gasteiger partial charge in [0, 0.05) is 40.4 Å². The molecule has 1 fully saturated rings. The molecule has 5 atom stereocenters. The van der Waals surface area contributed by atoms with Crippen LogP contribution in [0.3, 0.4) is 0 Å². The molecule has 0 N–H and O–H groups in total. The molecule has 4 aliphatic heterocycles. The molecular formula is C44H39N7. The average molecular weight is 666 g/mol. The van der Waals surface area contributed by atoms with Gasteiger partial charge in [-0.15, -0.1) is 0 Å². The fourth-order valence-corrected chi connectivity index (χ4v) is 10.7. The summed E-state index contributed by atoms with van der Waals surface area (Å²) in [5.41, 5.74) is 9.13. The van der Waals surface area contributed by atoms with Crippen LogP contribution in [0.2, 0.25) is 0 Å². The molecule has 0 radical (unpaired) electrons. The first kappa shape index (κ1) is 29.9. The quantitative estimate of drug-likeness (QED) is 0.175. The lowest BCUT2D eigenvalue weighted by molar-refractivity contribution is 0.330. The number of hydrazone groups is 1. The molecule has 1 saturated carbocycles. The summed E-state index contributed by atoms with van der Waals surface area (Å²) in [6.45, 7) is 15.2. The van der Waals surface area contributed by atoms with Gasteiger partial charge in [0.1, 0.15) is 18.0 Å². The highest BCUT2D eigenvalue weighted by Crippen LogP contribution is 2.88. The Morgan fingerprint density at radius 3 is 2.08 bits per heavy atom. The zero-order valence-electron chi connectivity index (χ0n) is 29.3. The van der Waals surface area contributed by atoms with Gasteiger partial charge >= 0.3 is 0 Å². The normalized spacial score (nSPS) is 27.9. The molecule has 51 heavy (non-hydrogen) atoms. The maximum atomic E-state index is 5.54. The van der Waals surface area contributed by atoms with Gasteiger partial charge in [0.15, 0.2) is 17.5 Å². The molecule has 7 heteroatoms. The largest absolute Gasteiger partial charge is 0.349 e. The molecule has 10 rings (SSSR count). The molecule has 1 aromatic heterocycles. The molecular weight excluding hydrogens is 627 g/mol. The van der Waals surface area contributed by atoms with Gasteiger partial charge in [-0.3, -0.25) is 0 Å². The number of hydrogen-bond acceptors (Lipinski definition) is 7. The van der Waals surface area contributed by atoms with Crippen LogP contribution in [0.5, 0.6) is 0 Å². The predicted octanol–water partition coefficient (Wildman–Crippen LogP) is 8.79. The van der Waals surface area contributed by atoms with Crippen molar-refractivity contribution in [3.05, 3.63) is 169 Å². The number of para-hydroxylation sites is 3. The minimum atomic E-state index is -0.389. The molecule has 1 spiro atoms. The van der Waals surface area contributed by atoms with Crippen LogP contribution in [0.15, 0.2) is 151 Å². The van der Waals surface area contributed by atoms with Crippen LogP contribution in [0.25, 0.3) is 5.57 Å². The van der Waals surface area contributed by atoms with Gasteiger partial charge in [0.25, 0.3) is 0 Å². The van der Waals surface area contributed by atoms with Crippen LogP contribution in [-0.2, 0) is 10.8 Å². The van der Waals surface area contributed by atoms with E-state index in [4.69, 9.17) is 15.1 Å². The van der Waals surface area contributed by atoms with Crippen LogP contribution >= 0.6 is 0 Å². The molecule has 5 unspecified atom stereocenters. The van der Waals surface area contributed by atoms with E-state index < -0.39 is 0 Å². The molecule has 7 nitrogen and oxygen atoms in total. The summed E-state index contributed by atoms with van der Waals surface area (Å²) in [6.07, 6.45) is 5.49. The summed E-state index contributed by atoms with van der Waals surface area (Å²) < 4.78 is 0. The summed E-state index contributed by atoms with van der Waals surface area (Å²) in [5.74, 6) is 2.53. The van der Waals surface area contributed by atoms with Crippen LogP contribution in [0.1, 0.15) is 43.3 Å². The standard InChI is InChI=1S/C44H39N7/c1-7-28(3)31(8-2)37-45-27-36-39(46-37)50-34-25-17-15-23-32(34)42(4)43(5,40(50)48(36)6)44(42)33-24-16-18-26-35(33)51-41(44)49(30-21-13-10-14-22-30)38(47-51)29-19-11-9-12-20-29/h7-27,40-41H,1-2H2,3-6H3/b31-28+. The number of nitrogens with zero attached hydrogens (tertiary/aromatic N) is 7. The Balaban J connectivity index is 1.25. The van der Waals surface area contributed by atoms with Crippen molar-refractivity contribution in [1.82, 2.24) is 9.97 Å². The third-order valence-corrected chi connectivity index (χ3v) is 12.9. The molecule has 1 aliphatic carbocycles. The van der Waals surface area contributed by atoms with Crippen LogP contribution in [0, 0.1) is 5.41 Å². The Morgan fingerprint density at radius 1 is 0.725 bits per heavy atom. The van der Waals surface area contributed by atoms with E-state index in [1.165, 1.54) is 16.8 Å². The van der Waals surface area contributed by atoms with Gasteiger partial charge in [0.2, 0.25) is 0 Å². The van der Waals surface area contributed by atoms with Crippen molar-refractivity contribution in [2.75, 3.05) is 26.8 Å². The molecule has 5 aliphatic rings. The zero-order valence-corrected chi connectivity index (χ0v) is 29.3. The Labute approximate surface area is 299 Å². The first-order valence-corrected chi connectivity index (χ1v) is 17.7. The van der Waals surface area contributed by atoms with Gasteiger partial charge in [0.05, 0.1) is 17.3 Å². The summed E-state index contributed by atoms with van der Waals surface area (Å²) in [6, 6.07) is 39.4. The maximum absolute atomic E-state index is 5.54. The van der Waals surface area contributed by atoms with E-state index in [0.29, 0.717) is 5.82 Å². The number of hydrogen-bond donors (Lipinski definition) is 0. The second-order valence-corrected chi connectivity index (χ2v) is 14.6. The molecule has 250 valence electrons. The minimum Gasteiger partial charge on any atom is -0.349 e. The number of benzene rings is 4. The smallest absolute Gasteiger partial charge is 0.162 e. The lowest BCUT2D eigenvalue weighted by atomic mass is 9.80. The Bertz CT molecular complexity index is 2370. The van der Waals surface area contributed by atoms with Crippen molar-refractivity contribution in [2.24, 2.45) is 10.5 Å². The monoisotopic (exact) mass is 665 g/mol. The van der Waals surface area contributed by atoms with E-state index in [9.17, 15) is 0 Å². The molecule has 0 saturated heterocycles. The van der Waals surface area contributed by atoms with Crippen molar-refractivity contribution in [3.8, 4) is 0 Å². The summed E-state index contributed by atoms with van der Waals surface area (Å²) >= 11 is 0. The molecule has 0 amide bonds.